The zero-order chi connectivity index (χ0) is 20.4. The average molecular weight is 402 g/mol. The fourth-order valence-corrected chi connectivity index (χ4v) is 4.01. The van der Waals surface area contributed by atoms with E-state index in [9.17, 15) is 19.2 Å². The predicted molar refractivity (Wildman–Crippen MR) is 97.5 cm³/mol. The first-order valence-electron chi connectivity index (χ1n) is 9.69. The van der Waals surface area contributed by atoms with Gasteiger partial charge in [0.25, 0.3) is 5.91 Å². The first-order valence-corrected chi connectivity index (χ1v) is 9.69. The van der Waals surface area contributed by atoms with Crippen LogP contribution in [0.1, 0.15) is 31.2 Å². The van der Waals surface area contributed by atoms with E-state index in [1.165, 1.54) is 0 Å². The van der Waals surface area contributed by atoms with Crippen LogP contribution in [0.4, 0.5) is 0 Å². The summed E-state index contributed by atoms with van der Waals surface area (Å²) >= 11 is 0. The van der Waals surface area contributed by atoms with E-state index in [-0.39, 0.29) is 37.0 Å². The van der Waals surface area contributed by atoms with E-state index in [1.807, 2.05) is 0 Å². The van der Waals surface area contributed by atoms with Crippen molar-refractivity contribution in [2.75, 3.05) is 19.9 Å². The van der Waals surface area contributed by atoms with Gasteiger partial charge in [0, 0.05) is 6.54 Å². The second-order valence-corrected chi connectivity index (χ2v) is 7.39. The van der Waals surface area contributed by atoms with Crippen LogP contribution in [0.15, 0.2) is 18.2 Å². The fraction of sp³-hybridized carbons (Fsp3) is 0.500. The molecule has 2 heterocycles. The largest absolute Gasteiger partial charge is 0.454 e. The number of esters is 1. The second kappa shape index (κ2) is 8.10. The molecule has 0 bridgehead atoms. The molecule has 1 aliphatic carbocycles. The molecule has 3 aliphatic rings. The highest BCUT2D eigenvalue weighted by atomic mass is 16.7. The van der Waals surface area contributed by atoms with Crippen molar-refractivity contribution in [1.82, 2.24) is 10.2 Å². The molecule has 2 aliphatic heterocycles. The molecule has 2 atom stereocenters. The molecule has 29 heavy (non-hydrogen) atoms. The Morgan fingerprint density at radius 2 is 1.76 bits per heavy atom. The van der Waals surface area contributed by atoms with Crippen LogP contribution in [0.5, 0.6) is 11.5 Å². The van der Waals surface area contributed by atoms with Gasteiger partial charge in [0.2, 0.25) is 18.6 Å². The third kappa shape index (κ3) is 4.03. The standard InChI is InChI=1S/C20H22N2O7/c23-17(21-8-12-5-6-15-16(7-12)29-11-28-15)10-27-18(24)9-22-19(25)13-3-1-2-4-14(13)20(22)26/h5-7,13-14H,1-4,8-11H2,(H,21,23)/t13-,14-/m1/s1. The first-order chi connectivity index (χ1) is 14.0. The molecule has 154 valence electrons. The van der Waals surface area contributed by atoms with Gasteiger partial charge >= 0.3 is 5.97 Å². The highest BCUT2D eigenvalue weighted by Crippen LogP contribution is 2.37. The van der Waals surface area contributed by atoms with E-state index >= 15 is 0 Å². The quantitative estimate of drug-likeness (QED) is 0.552. The highest BCUT2D eigenvalue weighted by Gasteiger charge is 2.48. The molecule has 1 saturated heterocycles. The lowest BCUT2D eigenvalue weighted by Crippen LogP contribution is -2.38. The van der Waals surface area contributed by atoms with Gasteiger partial charge in [-0.2, -0.15) is 0 Å². The normalized spacial score (nSPS) is 22.4. The molecule has 0 unspecified atom stereocenters. The first kappa shape index (κ1) is 19.2. The summed E-state index contributed by atoms with van der Waals surface area (Å²) in [5, 5.41) is 2.64. The molecule has 0 aromatic heterocycles. The number of benzene rings is 1. The molecule has 3 amide bonds. The molecule has 0 radical (unpaired) electrons. The lowest BCUT2D eigenvalue weighted by atomic mass is 9.81. The fourth-order valence-electron chi connectivity index (χ4n) is 4.01. The van der Waals surface area contributed by atoms with Crippen molar-refractivity contribution >= 4 is 23.7 Å². The summed E-state index contributed by atoms with van der Waals surface area (Å²) in [5.74, 6) is -1.22. The van der Waals surface area contributed by atoms with E-state index in [4.69, 9.17) is 14.2 Å². The van der Waals surface area contributed by atoms with Gasteiger partial charge in [-0.3, -0.25) is 24.1 Å². The van der Waals surface area contributed by atoms with Crippen LogP contribution >= 0.6 is 0 Å². The average Bonchev–Trinajstić information content (AvgIpc) is 3.29. The van der Waals surface area contributed by atoms with E-state index in [2.05, 4.69) is 5.32 Å². The number of rotatable bonds is 6. The lowest BCUT2D eigenvalue weighted by molar-refractivity contribution is -0.154. The number of likely N-dealkylation sites (tertiary alicyclic amines) is 1. The van der Waals surface area contributed by atoms with Gasteiger partial charge in [-0.1, -0.05) is 18.9 Å². The smallest absolute Gasteiger partial charge is 0.326 e. The highest BCUT2D eigenvalue weighted by molar-refractivity contribution is 6.07. The minimum Gasteiger partial charge on any atom is -0.454 e. The molecule has 1 aromatic rings. The van der Waals surface area contributed by atoms with Crippen molar-refractivity contribution in [3.63, 3.8) is 0 Å². The van der Waals surface area contributed by atoms with Crippen molar-refractivity contribution in [3.8, 4) is 11.5 Å². The van der Waals surface area contributed by atoms with Gasteiger partial charge in [-0.15, -0.1) is 0 Å². The van der Waals surface area contributed by atoms with Gasteiger partial charge in [0.1, 0.15) is 6.54 Å². The van der Waals surface area contributed by atoms with Gasteiger partial charge in [-0.25, -0.2) is 0 Å². The van der Waals surface area contributed by atoms with Gasteiger partial charge < -0.3 is 19.5 Å². The van der Waals surface area contributed by atoms with Gasteiger partial charge in [0.15, 0.2) is 18.1 Å². The molecule has 0 spiro atoms. The van der Waals surface area contributed by atoms with Crippen LogP contribution in [0.25, 0.3) is 0 Å². The maximum atomic E-state index is 12.4. The summed E-state index contributed by atoms with van der Waals surface area (Å²) < 4.78 is 15.4. The summed E-state index contributed by atoms with van der Waals surface area (Å²) in [4.78, 5) is 49.7. The van der Waals surface area contributed by atoms with Crippen LogP contribution < -0.4 is 14.8 Å². The van der Waals surface area contributed by atoms with Crippen LogP contribution in [-0.4, -0.2) is 48.5 Å². The Hall–Kier alpha value is -3.10. The Labute approximate surface area is 167 Å². The number of ether oxygens (including phenoxy) is 3. The zero-order valence-electron chi connectivity index (χ0n) is 15.8. The summed E-state index contributed by atoms with van der Waals surface area (Å²) in [6, 6.07) is 5.31. The SMILES string of the molecule is O=C(COC(=O)CN1C(=O)[C@@H]2CCCC[C@H]2C1=O)NCc1ccc2c(c1)OCO2. The Bertz CT molecular complexity index is 829. The predicted octanol–water partition coefficient (Wildman–Crippen LogP) is 0.750. The number of hydrogen-bond donors (Lipinski definition) is 1. The van der Waals surface area contributed by atoms with Crippen molar-refractivity contribution in [3.05, 3.63) is 23.8 Å². The Balaban J connectivity index is 1.22. The molecule has 2 fully saturated rings. The van der Waals surface area contributed by atoms with Crippen molar-refractivity contribution in [1.29, 1.82) is 0 Å². The number of nitrogens with one attached hydrogen (secondary N) is 1. The number of imide groups is 1. The summed E-state index contributed by atoms with van der Waals surface area (Å²) in [7, 11) is 0. The van der Waals surface area contributed by atoms with E-state index in [0.717, 1.165) is 23.3 Å². The third-order valence-corrected chi connectivity index (χ3v) is 5.51. The molecule has 1 N–H and O–H groups in total. The topological polar surface area (TPSA) is 111 Å². The van der Waals surface area contributed by atoms with E-state index in [0.29, 0.717) is 24.3 Å². The molecule has 1 saturated carbocycles. The van der Waals surface area contributed by atoms with Gasteiger partial charge in [-0.05, 0) is 30.5 Å². The molecule has 9 heteroatoms. The number of nitrogens with zero attached hydrogens (tertiary/aromatic N) is 1. The minimum absolute atomic E-state index is 0.171. The molecule has 4 rings (SSSR count). The number of fused-ring (bicyclic) bond motifs is 2. The Morgan fingerprint density at radius 3 is 2.48 bits per heavy atom. The third-order valence-electron chi connectivity index (χ3n) is 5.51. The number of carbonyl (C=O) groups is 4. The molecular weight excluding hydrogens is 380 g/mol. The van der Waals surface area contributed by atoms with Crippen molar-refractivity contribution in [2.24, 2.45) is 11.8 Å². The lowest BCUT2D eigenvalue weighted by Gasteiger charge is -2.19. The summed E-state index contributed by atoms with van der Waals surface area (Å²) in [5.41, 5.74) is 0.810. The maximum Gasteiger partial charge on any atom is 0.326 e. The molecule has 1 aromatic carbocycles. The monoisotopic (exact) mass is 402 g/mol. The molecular formula is C20H22N2O7. The summed E-state index contributed by atoms with van der Waals surface area (Å²) in [6.07, 6.45) is 3.20. The Morgan fingerprint density at radius 1 is 1.07 bits per heavy atom. The Kier molecular flexibility index (Phi) is 5.37. The van der Waals surface area contributed by atoms with Crippen LogP contribution in [0.3, 0.4) is 0 Å². The van der Waals surface area contributed by atoms with Crippen molar-refractivity contribution < 1.29 is 33.4 Å². The van der Waals surface area contributed by atoms with E-state index in [1.54, 1.807) is 18.2 Å². The number of amides is 3. The number of hydrogen-bond acceptors (Lipinski definition) is 7. The van der Waals surface area contributed by atoms with Crippen LogP contribution in [-0.2, 0) is 30.5 Å². The van der Waals surface area contributed by atoms with Crippen LogP contribution in [0, 0.1) is 11.8 Å². The summed E-state index contributed by atoms with van der Waals surface area (Å²) in [6.45, 7) is -0.517. The van der Waals surface area contributed by atoms with Gasteiger partial charge in [0.05, 0.1) is 11.8 Å². The van der Waals surface area contributed by atoms with Crippen molar-refractivity contribution in [2.45, 2.75) is 32.2 Å². The second-order valence-electron chi connectivity index (χ2n) is 7.39. The van der Waals surface area contributed by atoms with E-state index < -0.39 is 25.0 Å². The maximum absolute atomic E-state index is 12.4. The molecule has 9 nitrogen and oxygen atoms in total. The van der Waals surface area contributed by atoms with Crippen LogP contribution in [0.2, 0.25) is 0 Å². The number of carbonyl (C=O) groups excluding carboxylic acids is 4. The zero-order valence-corrected chi connectivity index (χ0v) is 15.8. The minimum atomic E-state index is -0.774.